The van der Waals surface area contributed by atoms with Crippen molar-refractivity contribution in [2.45, 2.75) is 44.6 Å². The van der Waals surface area contributed by atoms with Crippen LogP contribution in [0.25, 0.3) is 0 Å². The van der Waals surface area contributed by atoms with E-state index in [1.54, 1.807) is 23.6 Å². The summed E-state index contributed by atoms with van der Waals surface area (Å²) in [6.07, 6.45) is 8.44. The quantitative estimate of drug-likeness (QED) is 0.277. The second kappa shape index (κ2) is 11.1. The SMILES string of the molecule is O=C(NC1CCCCCC(C#CSP(I)I)C1)c1ccccn1. The summed E-state index contributed by atoms with van der Waals surface area (Å²) in [4.78, 5) is 16.4. The topological polar surface area (TPSA) is 42.0 Å². The highest BCUT2D eigenvalue weighted by Gasteiger charge is 2.20. The van der Waals surface area contributed by atoms with E-state index in [9.17, 15) is 4.79 Å². The summed E-state index contributed by atoms with van der Waals surface area (Å²) in [5, 5.41) is 6.42. The summed E-state index contributed by atoms with van der Waals surface area (Å²) in [7, 11) is 0. The van der Waals surface area contributed by atoms with Gasteiger partial charge in [-0.05, 0) is 92.1 Å². The van der Waals surface area contributed by atoms with Crippen LogP contribution >= 0.6 is 57.9 Å². The number of carbonyl (C=O) groups excluding carboxylic acids is 1. The Morgan fingerprint density at radius 2 is 2.13 bits per heavy atom. The lowest BCUT2D eigenvalue weighted by atomic mass is 9.88. The molecular formula is C16H19I2N2OPS. The molecule has 0 radical (unpaired) electrons. The number of hydrogen-bond acceptors (Lipinski definition) is 3. The van der Waals surface area contributed by atoms with Crippen molar-refractivity contribution in [1.82, 2.24) is 10.3 Å². The molecule has 0 bridgehead atoms. The smallest absolute Gasteiger partial charge is 0.270 e. The number of nitrogens with zero attached hydrogens (tertiary/aromatic N) is 1. The molecule has 1 fully saturated rings. The van der Waals surface area contributed by atoms with Crippen LogP contribution in [0.15, 0.2) is 24.4 Å². The number of hydrogen-bond donors (Lipinski definition) is 1. The molecule has 2 rings (SSSR count). The van der Waals surface area contributed by atoms with Gasteiger partial charge in [0, 0.05) is 18.2 Å². The van der Waals surface area contributed by atoms with Crippen molar-refractivity contribution in [3.8, 4) is 11.2 Å². The molecule has 124 valence electrons. The Morgan fingerprint density at radius 1 is 1.30 bits per heavy atom. The van der Waals surface area contributed by atoms with Gasteiger partial charge in [-0.3, -0.25) is 9.78 Å². The molecule has 1 saturated carbocycles. The molecule has 7 heteroatoms. The van der Waals surface area contributed by atoms with Crippen LogP contribution in [0.5, 0.6) is 0 Å². The Kier molecular flexibility index (Phi) is 9.54. The molecule has 0 spiro atoms. The Bertz CT molecular complexity index is 562. The molecule has 0 aromatic carbocycles. The maximum Gasteiger partial charge on any atom is 0.270 e. The monoisotopic (exact) mass is 572 g/mol. The number of aromatic nitrogens is 1. The summed E-state index contributed by atoms with van der Waals surface area (Å²) in [5.74, 6) is 3.74. The van der Waals surface area contributed by atoms with Crippen LogP contribution in [-0.2, 0) is 0 Å². The first kappa shape index (κ1) is 19.7. The van der Waals surface area contributed by atoms with Gasteiger partial charge < -0.3 is 5.32 Å². The van der Waals surface area contributed by atoms with Crippen molar-refractivity contribution < 1.29 is 4.79 Å². The molecule has 1 N–H and O–H groups in total. The number of nitrogens with one attached hydrogen (secondary N) is 1. The normalized spacial score (nSPS) is 21.7. The van der Waals surface area contributed by atoms with Gasteiger partial charge in [0.2, 0.25) is 0 Å². The van der Waals surface area contributed by atoms with Gasteiger partial charge in [-0.2, -0.15) is 0 Å². The third-order valence-corrected chi connectivity index (χ3v) is 8.36. The minimum atomic E-state index is -0.0895. The van der Waals surface area contributed by atoms with Crippen molar-refractivity contribution in [2.75, 3.05) is 0 Å². The summed E-state index contributed by atoms with van der Waals surface area (Å²) >= 11 is 6.58. The van der Waals surface area contributed by atoms with Crippen molar-refractivity contribution in [2.24, 2.45) is 5.92 Å². The molecule has 0 saturated heterocycles. The van der Waals surface area contributed by atoms with Crippen LogP contribution in [0.4, 0.5) is 0 Å². The van der Waals surface area contributed by atoms with Gasteiger partial charge in [0.05, 0.1) is 2.41 Å². The van der Waals surface area contributed by atoms with Gasteiger partial charge in [-0.15, -0.1) is 0 Å². The summed E-state index contributed by atoms with van der Waals surface area (Å²) < 4.78 is -0.0895. The Balaban J connectivity index is 1.95. The zero-order valence-corrected chi connectivity index (χ0v) is 18.7. The maximum atomic E-state index is 12.3. The van der Waals surface area contributed by atoms with Gasteiger partial charge >= 0.3 is 0 Å². The lowest BCUT2D eigenvalue weighted by molar-refractivity contribution is 0.0923. The lowest BCUT2D eigenvalue weighted by Crippen LogP contribution is -2.37. The van der Waals surface area contributed by atoms with E-state index in [1.165, 1.54) is 19.3 Å². The van der Waals surface area contributed by atoms with Gasteiger partial charge in [0.15, 0.2) is 0 Å². The van der Waals surface area contributed by atoms with Crippen molar-refractivity contribution >= 4 is 63.8 Å². The molecule has 1 amide bonds. The predicted molar refractivity (Wildman–Crippen MR) is 117 cm³/mol. The Hall–Kier alpha value is 0.420. The summed E-state index contributed by atoms with van der Waals surface area (Å²) in [5.41, 5.74) is 0.494. The molecular weight excluding hydrogens is 553 g/mol. The van der Waals surface area contributed by atoms with E-state index in [-0.39, 0.29) is 14.4 Å². The average Bonchev–Trinajstić information content (AvgIpc) is 2.51. The standard InChI is InChI=1S/C16H19I2N2OPS/c17-22(18)23-11-9-13-6-2-1-3-7-14(12-13)20-16(21)15-8-4-5-10-19-15/h4-5,8,10,13-14H,1-3,6-7,12H2,(H,20,21). The number of rotatable bonds is 3. The molecule has 2 unspecified atom stereocenters. The molecule has 0 aliphatic heterocycles. The van der Waals surface area contributed by atoms with Crippen LogP contribution in [-0.4, -0.2) is 16.9 Å². The zero-order valence-electron chi connectivity index (χ0n) is 12.7. The Labute approximate surface area is 169 Å². The van der Waals surface area contributed by atoms with E-state index >= 15 is 0 Å². The zero-order chi connectivity index (χ0) is 16.5. The van der Waals surface area contributed by atoms with Crippen LogP contribution in [0.2, 0.25) is 0 Å². The van der Waals surface area contributed by atoms with E-state index in [2.05, 4.69) is 65.6 Å². The van der Waals surface area contributed by atoms with Gasteiger partial charge in [-0.1, -0.05) is 31.2 Å². The molecule has 1 heterocycles. The number of amides is 1. The minimum absolute atomic E-state index is 0.0692. The molecule has 3 nitrogen and oxygen atoms in total. The van der Waals surface area contributed by atoms with Crippen LogP contribution in [0.3, 0.4) is 0 Å². The van der Waals surface area contributed by atoms with Crippen molar-refractivity contribution in [3.63, 3.8) is 0 Å². The van der Waals surface area contributed by atoms with Crippen molar-refractivity contribution in [1.29, 1.82) is 0 Å². The second-order valence-electron chi connectivity index (χ2n) is 5.50. The first-order valence-corrected chi connectivity index (χ1v) is 16.0. The van der Waals surface area contributed by atoms with Crippen molar-refractivity contribution in [3.05, 3.63) is 30.1 Å². The van der Waals surface area contributed by atoms with Crippen LogP contribution in [0, 0.1) is 17.1 Å². The Morgan fingerprint density at radius 3 is 2.87 bits per heavy atom. The first-order chi connectivity index (χ1) is 11.1. The van der Waals surface area contributed by atoms with E-state index in [1.807, 2.05) is 12.1 Å². The summed E-state index contributed by atoms with van der Waals surface area (Å²) in [6, 6.07) is 5.63. The second-order valence-corrected chi connectivity index (χ2v) is 23.2. The molecule has 1 aliphatic carbocycles. The molecule has 1 aromatic heterocycles. The van der Waals surface area contributed by atoms with Crippen LogP contribution in [0.1, 0.15) is 49.0 Å². The van der Waals surface area contributed by atoms with E-state index < -0.39 is 0 Å². The van der Waals surface area contributed by atoms with E-state index in [0.29, 0.717) is 11.6 Å². The molecule has 23 heavy (non-hydrogen) atoms. The van der Waals surface area contributed by atoms with Gasteiger partial charge in [0.1, 0.15) is 5.69 Å². The number of halogens is 2. The van der Waals surface area contributed by atoms with Gasteiger partial charge in [0.25, 0.3) is 5.91 Å². The average molecular weight is 572 g/mol. The predicted octanol–water partition coefficient (Wildman–Crippen LogP) is 5.94. The fourth-order valence-corrected chi connectivity index (χ4v) is 5.13. The molecule has 2 atom stereocenters. The fourth-order valence-electron chi connectivity index (χ4n) is 2.70. The molecule has 1 aromatic rings. The minimum Gasteiger partial charge on any atom is -0.348 e. The van der Waals surface area contributed by atoms with E-state index in [4.69, 9.17) is 0 Å². The highest BCUT2D eigenvalue weighted by Crippen LogP contribution is 2.64. The third kappa shape index (κ3) is 7.89. The maximum absolute atomic E-state index is 12.3. The van der Waals surface area contributed by atoms with Gasteiger partial charge in [-0.25, -0.2) is 0 Å². The highest BCUT2D eigenvalue weighted by atomic mass is 127. The first-order valence-electron chi connectivity index (χ1n) is 7.66. The van der Waals surface area contributed by atoms with Crippen LogP contribution < -0.4 is 5.32 Å². The largest absolute Gasteiger partial charge is 0.348 e. The van der Waals surface area contributed by atoms with E-state index in [0.717, 1.165) is 19.3 Å². The number of carbonyl (C=O) groups is 1. The molecule has 1 aliphatic rings. The third-order valence-electron chi connectivity index (χ3n) is 3.78. The highest BCUT2D eigenvalue weighted by molar-refractivity contribution is 14.3. The lowest BCUT2D eigenvalue weighted by Gasteiger charge is -2.24. The number of pyridine rings is 1. The fraction of sp³-hybridized carbons (Fsp3) is 0.500. The summed E-state index contributed by atoms with van der Waals surface area (Å²) in [6.45, 7) is 0.